The van der Waals surface area contributed by atoms with Gasteiger partial charge < -0.3 is 0 Å². The number of nitrogens with zero attached hydrogens (tertiary/aromatic N) is 1. The Kier molecular flexibility index (Phi) is 4.69. The molecule has 2 aromatic carbocycles. The third-order valence-electron chi connectivity index (χ3n) is 3.28. The second-order valence-corrected chi connectivity index (χ2v) is 7.04. The number of hydrogen-bond acceptors (Lipinski definition) is 2. The predicted octanol–water partition coefficient (Wildman–Crippen LogP) is 5.29. The van der Waals surface area contributed by atoms with Crippen LogP contribution in [0.25, 0.3) is 0 Å². The number of hydrogen-bond donors (Lipinski definition) is 0. The van der Waals surface area contributed by atoms with E-state index in [4.69, 9.17) is 5.26 Å². The van der Waals surface area contributed by atoms with Crippen molar-refractivity contribution < 1.29 is 4.39 Å². The fraction of sp³-hybridized carbons (Fsp3) is 0.278. The molecule has 0 amide bonds. The molecule has 21 heavy (non-hydrogen) atoms. The lowest BCUT2D eigenvalue weighted by atomic mass is 9.87. The molecule has 0 saturated carbocycles. The highest BCUT2D eigenvalue weighted by Crippen LogP contribution is 2.27. The van der Waals surface area contributed by atoms with Gasteiger partial charge in [-0.3, -0.25) is 0 Å². The molecule has 0 bridgehead atoms. The van der Waals surface area contributed by atoms with Crippen LogP contribution in [0.4, 0.5) is 4.39 Å². The predicted molar refractivity (Wildman–Crippen MR) is 85.8 cm³/mol. The summed E-state index contributed by atoms with van der Waals surface area (Å²) in [4.78, 5) is 1.17. The lowest BCUT2D eigenvalue weighted by molar-refractivity contribution is 0.590. The molecule has 0 radical (unpaired) electrons. The molecular weight excluding hydrogens is 281 g/mol. The Labute approximate surface area is 129 Å². The Bertz CT molecular complexity index is 663. The highest BCUT2D eigenvalue weighted by molar-refractivity contribution is 7.98. The first-order chi connectivity index (χ1) is 9.90. The fourth-order valence-corrected chi connectivity index (χ4v) is 2.81. The Balaban J connectivity index is 2.05. The molecule has 0 aliphatic carbocycles. The van der Waals surface area contributed by atoms with Crippen molar-refractivity contribution in [2.24, 2.45) is 0 Å². The van der Waals surface area contributed by atoms with E-state index >= 15 is 0 Å². The largest absolute Gasteiger partial charge is 0.206 e. The zero-order chi connectivity index (χ0) is 15.5. The number of rotatable bonds is 3. The van der Waals surface area contributed by atoms with Gasteiger partial charge in [0.1, 0.15) is 11.9 Å². The van der Waals surface area contributed by atoms with Crippen LogP contribution in [0.2, 0.25) is 0 Å². The molecule has 2 aromatic rings. The second-order valence-electron chi connectivity index (χ2n) is 5.99. The van der Waals surface area contributed by atoms with E-state index in [-0.39, 0.29) is 11.0 Å². The van der Waals surface area contributed by atoms with Crippen LogP contribution in [0.1, 0.15) is 37.5 Å². The molecule has 0 spiro atoms. The zero-order valence-corrected chi connectivity index (χ0v) is 13.3. The first-order valence-corrected chi connectivity index (χ1v) is 7.80. The van der Waals surface area contributed by atoms with E-state index in [1.165, 1.54) is 16.5 Å². The highest BCUT2D eigenvalue weighted by atomic mass is 32.2. The van der Waals surface area contributed by atoms with Crippen molar-refractivity contribution in [1.82, 2.24) is 0 Å². The summed E-state index contributed by atoms with van der Waals surface area (Å²) < 4.78 is 13.3. The Hall–Kier alpha value is -1.79. The molecule has 0 aliphatic rings. The molecule has 0 atom stereocenters. The minimum atomic E-state index is -0.458. The van der Waals surface area contributed by atoms with Crippen molar-refractivity contribution in [3.63, 3.8) is 0 Å². The van der Waals surface area contributed by atoms with Crippen molar-refractivity contribution in [1.29, 1.82) is 5.26 Å². The van der Waals surface area contributed by atoms with Gasteiger partial charge >= 0.3 is 0 Å². The van der Waals surface area contributed by atoms with Gasteiger partial charge in [-0.15, -0.1) is 11.8 Å². The number of nitriles is 1. The topological polar surface area (TPSA) is 23.8 Å². The number of halogens is 1. The van der Waals surface area contributed by atoms with Crippen LogP contribution in [0.3, 0.4) is 0 Å². The van der Waals surface area contributed by atoms with Gasteiger partial charge in [-0.05, 0) is 40.8 Å². The van der Waals surface area contributed by atoms with Gasteiger partial charge in [-0.1, -0.05) is 39.0 Å². The van der Waals surface area contributed by atoms with Gasteiger partial charge in [0.2, 0.25) is 0 Å². The maximum absolute atomic E-state index is 13.3. The molecule has 3 heteroatoms. The average Bonchev–Trinajstić information content (AvgIpc) is 2.46. The van der Waals surface area contributed by atoms with Crippen LogP contribution in [0.15, 0.2) is 47.4 Å². The first-order valence-electron chi connectivity index (χ1n) is 6.82. The van der Waals surface area contributed by atoms with Crippen molar-refractivity contribution in [2.75, 3.05) is 0 Å². The monoisotopic (exact) mass is 299 g/mol. The third-order valence-corrected chi connectivity index (χ3v) is 4.36. The van der Waals surface area contributed by atoms with Gasteiger partial charge in [-0.2, -0.15) is 5.26 Å². The van der Waals surface area contributed by atoms with Gasteiger partial charge in [0.25, 0.3) is 0 Å². The van der Waals surface area contributed by atoms with Crippen LogP contribution in [0.5, 0.6) is 0 Å². The van der Waals surface area contributed by atoms with Crippen LogP contribution < -0.4 is 0 Å². The lowest BCUT2D eigenvalue weighted by Crippen LogP contribution is -2.10. The summed E-state index contributed by atoms with van der Waals surface area (Å²) in [6.45, 7) is 6.57. The molecule has 0 N–H and O–H groups in total. The summed E-state index contributed by atoms with van der Waals surface area (Å²) in [7, 11) is 0. The summed E-state index contributed by atoms with van der Waals surface area (Å²) >= 11 is 1.69. The third kappa shape index (κ3) is 4.09. The first kappa shape index (κ1) is 15.6. The Morgan fingerprint density at radius 3 is 2.33 bits per heavy atom. The fourth-order valence-electron chi connectivity index (χ4n) is 1.97. The summed E-state index contributed by atoms with van der Waals surface area (Å²) in [5, 5.41) is 8.84. The minimum absolute atomic E-state index is 0.108. The average molecular weight is 299 g/mol. The van der Waals surface area contributed by atoms with Crippen LogP contribution in [-0.4, -0.2) is 0 Å². The van der Waals surface area contributed by atoms with Crippen LogP contribution in [0, 0.1) is 17.1 Å². The summed E-state index contributed by atoms with van der Waals surface area (Å²) in [6, 6.07) is 15.1. The maximum atomic E-state index is 13.3. The van der Waals surface area contributed by atoms with E-state index in [1.807, 2.05) is 6.07 Å². The van der Waals surface area contributed by atoms with Crippen molar-refractivity contribution in [3.8, 4) is 6.07 Å². The molecule has 0 fully saturated rings. The van der Waals surface area contributed by atoms with Crippen LogP contribution in [-0.2, 0) is 11.2 Å². The van der Waals surface area contributed by atoms with Gasteiger partial charge in [-0.25, -0.2) is 4.39 Å². The minimum Gasteiger partial charge on any atom is -0.206 e. The van der Waals surface area contributed by atoms with E-state index < -0.39 is 5.82 Å². The van der Waals surface area contributed by atoms with E-state index in [9.17, 15) is 4.39 Å². The molecule has 108 valence electrons. The van der Waals surface area contributed by atoms with Crippen molar-refractivity contribution >= 4 is 11.8 Å². The van der Waals surface area contributed by atoms with Crippen molar-refractivity contribution in [2.45, 2.75) is 36.8 Å². The second kappa shape index (κ2) is 6.32. The van der Waals surface area contributed by atoms with Gasteiger partial charge in [0.05, 0.1) is 5.56 Å². The molecule has 1 nitrogen and oxygen atoms in total. The summed E-state index contributed by atoms with van der Waals surface area (Å²) in [5.74, 6) is 0.268. The molecule has 0 unspecified atom stereocenters. The zero-order valence-electron chi connectivity index (χ0n) is 12.5. The molecule has 0 aliphatic heterocycles. The Morgan fingerprint density at radius 1 is 1.10 bits per heavy atom. The Morgan fingerprint density at radius 2 is 1.76 bits per heavy atom. The number of thioether (sulfide) groups is 1. The van der Waals surface area contributed by atoms with Crippen LogP contribution >= 0.6 is 11.8 Å². The number of benzene rings is 2. The van der Waals surface area contributed by atoms with E-state index in [0.29, 0.717) is 0 Å². The van der Waals surface area contributed by atoms with E-state index in [1.54, 1.807) is 23.9 Å². The van der Waals surface area contributed by atoms with E-state index in [2.05, 4.69) is 45.0 Å². The molecule has 0 heterocycles. The highest BCUT2D eigenvalue weighted by Gasteiger charge is 2.12. The van der Waals surface area contributed by atoms with Crippen molar-refractivity contribution in [3.05, 3.63) is 65.0 Å². The molecular formula is C18H18FNS. The standard InChI is InChI=1S/C18H18FNS/c1-18(2,3)15-5-7-16(8-6-15)21-12-13-4-9-17(19)14(10-13)11-20/h4-10H,12H2,1-3H3. The summed E-state index contributed by atoms with van der Waals surface area (Å²) in [5.41, 5.74) is 2.52. The molecule has 2 rings (SSSR count). The SMILES string of the molecule is CC(C)(C)c1ccc(SCc2ccc(F)c(C#N)c2)cc1. The quantitative estimate of drug-likeness (QED) is 0.719. The lowest BCUT2D eigenvalue weighted by Gasteiger charge is -2.19. The summed E-state index contributed by atoms with van der Waals surface area (Å²) in [6.07, 6.45) is 0. The normalized spacial score (nSPS) is 11.2. The maximum Gasteiger partial charge on any atom is 0.140 e. The molecule has 0 aromatic heterocycles. The smallest absolute Gasteiger partial charge is 0.140 e. The van der Waals surface area contributed by atoms with Gasteiger partial charge in [0, 0.05) is 10.6 Å². The molecule has 0 saturated heterocycles. The van der Waals surface area contributed by atoms with Gasteiger partial charge in [0.15, 0.2) is 0 Å². The van der Waals surface area contributed by atoms with E-state index in [0.717, 1.165) is 11.3 Å².